The molecule has 1 aliphatic heterocycles. The van der Waals surface area contributed by atoms with Gasteiger partial charge in [0, 0.05) is 40.2 Å². The standard InChI is InChI=1S/C22H24ClN3O2S.CH4/c23-18-6-4-17(5-7-18)8-9-22(15-26-11-10-25-16-26)27-13-20(28-22)14-29-21-3-1-2-19(24)12-21;/h1-7,10-12,16,20H,8-9,13-15,24H2;1H4/t20-,22-;/m0./s1. The van der Waals surface area contributed by atoms with Crippen LogP contribution in [-0.4, -0.2) is 33.8 Å². The number of hydrogen-bond acceptors (Lipinski definition) is 5. The third kappa shape index (κ3) is 6.01. The van der Waals surface area contributed by atoms with E-state index < -0.39 is 5.79 Å². The SMILES string of the molecule is C.Nc1cccc(SC[C@@H]2CO[C@](CCc3ccc(Cl)cc3)(Cn3ccnc3)O2)c1. The van der Waals surface area contributed by atoms with E-state index in [1.165, 1.54) is 5.56 Å². The summed E-state index contributed by atoms with van der Waals surface area (Å²) in [4.78, 5) is 5.29. The maximum absolute atomic E-state index is 6.47. The summed E-state index contributed by atoms with van der Waals surface area (Å²) >= 11 is 7.74. The second-order valence-corrected chi connectivity index (χ2v) is 8.74. The lowest BCUT2D eigenvalue weighted by Gasteiger charge is -2.28. The zero-order valence-corrected chi connectivity index (χ0v) is 17.6. The van der Waals surface area contributed by atoms with Crippen LogP contribution in [0.3, 0.4) is 0 Å². The van der Waals surface area contributed by atoms with Gasteiger partial charge in [0.1, 0.15) is 0 Å². The average Bonchev–Trinajstić information content (AvgIpc) is 3.37. The number of nitrogen functional groups attached to an aromatic ring is 1. The number of thioether (sulfide) groups is 1. The number of benzene rings is 2. The zero-order chi connectivity index (χ0) is 20.1. The molecule has 2 atom stereocenters. The minimum Gasteiger partial charge on any atom is -0.399 e. The summed E-state index contributed by atoms with van der Waals surface area (Å²) in [7, 11) is 0. The molecule has 0 unspecified atom stereocenters. The molecule has 2 aromatic carbocycles. The fraction of sp³-hybridized carbons (Fsp3) is 0.348. The lowest BCUT2D eigenvalue weighted by atomic mass is 10.0. The lowest BCUT2D eigenvalue weighted by molar-refractivity contribution is -0.180. The van der Waals surface area contributed by atoms with Crippen LogP contribution >= 0.6 is 23.4 Å². The summed E-state index contributed by atoms with van der Waals surface area (Å²) in [6.45, 7) is 1.19. The molecule has 2 N–H and O–H groups in total. The van der Waals surface area contributed by atoms with Gasteiger partial charge in [-0.3, -0.25) is 0 Å². The Morgan fingerprint density at radius 3 is 2.80 bits per heavy atom. The predicted molar refractivity (Wildman–Crippen MR) is 124 cm³/mol. The molecule has 0 amide bonds. The van der Waals surface area contributed by atoms with Crippen LogP contribution in [0.2, 0.25) is 5.02 Å². The lowest BCUT2D eigenvalue weighted by Crippen LogP contribution is -2.37. The Bertz CT molecular complexity index is 920. The second-order valence-electron chi connectivity index (χ2n) is 7.21. The maximum Gasteiger partial charge on any atom is 0.187 e. The molecule has 1 fully saturated rings. The first-order chi connectivity index (χ1) is 14.1. The minimum absolute atomic E-state index is 0. The Morgan fingerprint density at radius 2 is 2.07 bits per heavy atom. The number of imidazole rings is 1. The summed E-state index contributed by atoms with van der Waals surface area (Å²) in [5, 5.41) is 0.744. The van der Waals surface area contributed by atoms with Crippen LogP contribution in [0.4, 0.5) is 5.69 Å². The molecule has 7 heteroatoms. The van der Waals surface area contributed by atoms with Gasteiger partial charge in [-0.25, -0.2) is 4.98 Å². The fourth-order valence-electron chi connectivity index (χ4n) is 3.43. The van der Waals surface area contributed by atoms with Crippen molar-refractivity contribution in [3.05, 3.63) is 77.8 Å². The van der Waals surface area contributed by atoms with Gasteiger partial charge in [-0.05, 0) is 42.3 Å². The van der Waals surface area contributed by atoms with Crippen LogP contribution in [0.5, 0.6) is 0 Å². The Balaban J connectivity index is 0.00000256. The first kappa shape index (κ1) is 22.7. The number of ether oxygens (including phenoxy) is 2. The summed E-state index contributed by atoms with van der Waals surface area (Å²) < 4.78 is 14.7. The molecule has 0 spiro atoms. The number of halogens is 1. The molecule has 0 saturated carbocycles. The van der Waals surface area contributed by atoms with Crippen LogP contribution in [0.1, 0.15) is 19.4 Å². The third-order valence-electron chi connectivity index (χ3n) is 4.90. The van der Waals surface area contributed by atoms with E-state index in [2.05, 4.69) is 23.2 Å². The quantitative estimate of drug-likeness (QED) is 0.377. The molecule has 30 heavy (non-hydrogen) atoms. The molecule has 0 radical (unpaired) electrons. The van der Waals surface area contributed by atoms with Gasteiger partial charge in [0.15, 0.2) is 5.79 Å². The topological polar surface area (TPSA) is 62.3 Å². The van der Waals surface area contributed by atoms with Gasteiger partial charge >= 0.3 is 0 Å². The van der Waals surface area contributed by atoms with Gasteiger partial charge in [-0.2, -0.15) is 0 Å². The van der Waals surface area contributed by atoms with Crippen molar-refractivity contribution in [3.8, 4) is 0 Å². The normalized spacial score (nSPS) is 20.8. The molecule has 2 heterocycles. The van der Waals surface area contributed by atoms with Crippen molar-refractivity contribution in [3.63, 3.8) is 0 Å². The van der Waals surface area contributed by atoms with E-state index in [0.717, 1.165) is 34.2 Å². The van der Waals surface area contributed by atoms with Gasteiger partial charge in [0.05, 0.1) is 25.6 Å². The van der Waals surface area contributed by atoms with Gasteiger partial charge in [0.2, 0.25) is 0 Å². The van der Waals surface area contributed by atoms with Crippen LogP contribution < -0.4 is 5.73 Å². The van der Waals surface area contributed by atoms with E-state index >= 15 is 0 Å². The first-order valence-corrected chi connectivity index (χ1v) is 11.0. The third-order valence-corrected chi connectivity index (χ3v) is 6.28. The molecular formula is C23H28ClN3O2S. The van der Waals surface area contributed by atoms with Crippen LogP contribution in [0.25, 0.3) is 0 Å². The average molecular weight is 446 g/mol. The van der Waals surface area contributed by atoms with E-state index in [1.807, 2.05) is 41.1 Å². The molecule has 0 bridgehead atoms. The monoisotopic (exact) mass is 445 g/mol. The Hall–Kier alpha value is -1.99. The highest BCUT2D eigenvalue weighted by atomic mass is 35.5. The van der Waals surface area contributed by atoms with Crippen LogP contribution in [0.15, 0.2) is 72.1 Å². The number of nitrogens with zero attached hydrogens (tertiary/aromatic N) is 2. The largest absolute Gasteiger partial charge is 0.399 e. The fourth-order valence-corrected chi connectivity index (χ4v) is 4.49. The highest BCUT2D eigenvalue weighted by Gasteiger charge is 2.41. The van der Waals surface area contributed by atoms with Crippen molar-refractivity contribution in [1.29, 1.82) is 0 Å². The van der Waals surface area contributed by atoms with E-state index in [1.54, 1.807) is 24.3 Å². The number of aryl methyl sites for hydroxylation is 1. The highest BCUT2D eigenvalue weighted by molar-refractivity contribution is 7.99. The van der Waals surface area contributed by atoms with E-state index in [0.29, 0.717) is 13.2 Å². The Morgan fingerprint density at radius 1 is 1.23 bits per heavy atom. The van der Waals surface area contributed by atoms with Crippen molar-refractivity contribution in [1.82, 2.24) is 9.55 Å². The zero-order valence-electron chi connectivity index (χ0n) is 16.0. The van der Waals surface area contributed by atoms with Gasteiger partial charge in [-0.1, -0.05) is 37.2 Å². The molecule has 5 nitrogen and oxygen atoms in total. The van der Waals surface area contributed by atoms with Crippen molar-refractivity contribution in [2.45, 2.75) is 43.6 Å². The highest BCUT2D eigenvalue weighted by Crippen LogP contribution is 2.33. The number of hydrogen-bond donors (Lipinski definition) is 1. The van der Waals surface area contributed by atoms with Gasteiger partial charge in [0.25, 0.3) is 0 Å². The molecule has 0 aliphatic carbocycles. The van der Waals surface area contributed by atoms with Crippen molar-refractivity contribution >= 4 is 29.1 Å². The Kier molecular flexibility index (Phi) is 7.83. The second kappa shape index (κ2) is 10.4. The van der Waals surface area contributed by atoms with E-state index in [-0.39, 0.29) is 13.5 Å². The minimum atomic E-state index is -0.665. The molecule has 160 valence electrons. The molecule has 1 saturated heterocycles. The molecule has 3 aromatic rings. The number of rotatable bonds is 8. The smallest absolute Gasteiger partial charge is 0.187 e. The van der Waals surface area contributed by atoms with Gasteiger partial charge < -0.3 is 19.8 Å². The van der Waals surface area contributed by atoms with Crippen molar-refractivity contribution in [2.75, 3.05) is 18.1 Å². The van der Waals surface area contributed by atoms with Crippen LogP contribution in [-0.2, 0) is 22.4 Å². The van der Waals surface area contributed by atoms with E-state index in [9.17, 15) is 0 Å². The molecule has 1 aromatic heterocycles. The number of anilines is 1. The molecule has 4 rings (SSSR count). The predicted octanol–water partition coefficient (Wildman–Crippen LogP) is 5.29. The van der Waals surface area contributed by atoms with E-state index in [4.69, 9.17) is 26.8 Å². The van der Waals surface area contributed by atoms with Crippen LogP contribution in [0, 0.1) is 0 Å². The van der Waals surface area contributed by atoms with Gasteiger partial charge in [-0.15, -0.1) is 11.8 Å². The number of nitrogens with two attached hydrogens (primary N) is 1. The molecule has 1 aliphatic rings. The molecular weight excluding hydrogens is 418 g/mol. The maximum atomic E-state index is 6.47. The summed E-state index contributed by atoms with van der Waals surface area (Å²) in [6.07, 6.45) is 7.13. The first-order valence-electron chi connectivity index (χ1n) is 9.61. The summed E-state index contributed by atoms with van der Waals surface area (Å²) in [6, 6.07) is 15.9. The van der Waals surface area contributed by atoms with Crippen molar-refractivity contribution in [2.24, 2.45) is 0 Å². The van der Waals surface area contributed by atoms with Crippen molar-refractivity contribution < 1.29 is 9.47 Å². The number of aromatic nitrogens is 2. The summed E-state index contributed by atoms with van der Waals surface area (Å²) in [5.41, 5.74) is 7.87. The summed E-state index contributed by atoms with van der Waals surface area (Å²) in [5.74, 6) is 0.150. The Labute approximate surface area is 187 Å².